The number of carbonyl (C=O) groups excluding carboxylic acids is 2. The molecule has 0 spiro atoms. The lowest BCUT2D eigenvalue weighted by Gasteiger charge is -2.00. The van der Waals surface area contributed by atoms with Crippen LogP contribution in [0.3, 0.4) is 0 Å². The highest BCUT2D eigenvalue weighted by molar-refractivity contribution is 9.08. The van der Waals surface area contributed by atoms with Gasteiger partial charge in [-0.2, -0.15) is 0 Å². The van der Waals surface area contributed by atoms with Crippen molar-refractivity contribution in [2.45, 2.75) is 12.3 Å². The molecule has 0 heterocycles. The number of hydrogen-bond donors (Lipinski definition) is 0. The first-order chi connectivity index (χ1) is 11.0. The van der Waals surface area contributed by atoms with Crippen LogP contribution in [0.1, 0.15) is 31.8 Å². The van der Waals surface area contributed by atoms with E-state index in [0.717, 1.165) is 16.5 Å². The number of halogens is 1. The van der Waals surface area contributed by atoms with Crippen LogP contribution in [0.15, 0.2) is 48.5 Å². The van der Waals surface area contributed by atoms with Crippen molar-refractivity contribution < 1.29 is 19.1 Å². The third-order valence-corrected chi connectivity index (χ3v) is 3.59. The zero-order chi connectivity index (χ0) is 17.2. The maximum Gasteiger partial charge on any atom is 0.337 e. The van der Waals surface area contributed by atoms with E-state index in [2.05, 4.69) is 25.4 Å². The van der Waals surface area contributed by atoms with Gasteiger partial charge in [-0.1, -0.05) is 45.8 Å². The third kappa shape index (κ3) is 6.24. The number of ether oxygens (including phenoxy) is 2. The first kappa shape index (κ1) is 18.9. The van der Waals surface area contributed by atoms with E-state index >= 15 is 0 Å². The third-order valence-electron chi connectivity index (χ3n) is 2.94. The van der Waals surface area contributed by atoms with E-state index in [4.69, 9.17) is 0 Å². The number of esters is 2. The largest absolute Gasteiger partial charge is 0.465 e. The molecule has 2 rings (SSSR count). The number of aryl methyl sites for hydroxylation is 1. The number of carbonyl (C=O) groups is 2. The van der Waals surface area contributed by atoms with Crippen LogP contribution in [0.5, 0.6) is 0 Å². The highest BCUT2D eigenvalue weighted by Gasteiger charge is 2.04. The van der Waals surface area contributed by atoms with Crippen molar-refractivity contribution in [3.05, 3.63) is 70.8 Å². The Kier molecular flexibility index (Phi) is 8.05. The molecule has 0 aliphatic carbocycles. The number of hydrogen-bond acceptors (Lipinski definition) is 4. The summed E-state index contributed by atoms with van der Waals surface area (Å²) in [5.74, 6) is -0.577. The van der Waals surface area contributed by atoms with Crippen LogP contribution in [0, 0.1) is 6.92 Å². The highest BCUT2D eigenvalue weighted by Crippen LogP contribution is 2.09. The molecular weight excluding hydrogens is 360 g/mol. The number of methoxy groups -OCH3 is 2. The summed E-state index contributed by atoms with van der Waals surface area (Å²) in [6.45, 7) is 1.94. The predicted octanol–water partition coefficient (Wildman–Crippen LogP) is 4.15. The van der Waals surface area contributed by atoms with Crippen molar-refractivity contribution >= 4 is 27.9 Å². The van der Waals surface area contributed by atoms with Crippen molar-refractivity contribution in [1.82, 2.24) is 0 Å². The minimum atomic E-state index is -0.294. The Morgan fingerprint density at radius 2 is 1.43 bits per heavy atom. The topological polar surface area (TPSA) is 52.6 Å². The van der Waals surface area contributed by atoms with Gasteiger partial charge in [0, 0.05) is 5.33 Å². The second-order valence-corrected chi connectivity index (χ2v) is 5.25. The molecule has 2 aromatic carbocycles. The number of alkyl halides is 1. The smallest absolute Gasteiger partial charge is 0.337 e. The molecule has 0 atom stereocenters. The maximum atomic E-state index is 11.0. The maximum absolute atomic E-state index is 11.0. The molecule has 4 nitrogen and oxygen atoms in total. The minimum absolute atomic E-state index is 0.284. The Balaban J connectivity index is 0.000000231. The van der Waals surface area contributed by atoms with Gasteiger partial charge in [0.2, 0.25) is 0 Å². The summed E-state index contributed by atoms with van der Waals surface area (Å²) in [4.78, 5) is 22.0. The fourth-order valence-corrected chi connectivity index (χ4v) is 2.14. The van der Waals surface area contributed by atoms with E-state index in [9.17, 15) is 9.59 Å². The second-order valence-electron chi connectivity index (χ2n) is 4.69. The first-order valence-corrected chi connectivity index (χ1v) is 8.02. The predicted molar refractivity (Wildman–Crippen MR) is 92.9 cm³/mol. The summed E-state index contributed by atoms with van der Waals surface area (Å²) in [7, 11) is 2.76. The Hall–Kier alpha value is -2.14. The van der Waals surface area contributed by atoms with Crippen molar-refractivity contribution in [3.8, 4) is 0 Å². The quantitative estimate of drug-likeness (QED) is 0.594. The van der Waals surface area contributed by atoms with E-state index in [1.807, 2.05) is 31.2 Å². The van der Waals surface area contributed by atoms with Crippen molar-refractivity contribution in [3.63, 3.8) is 0 Å². The van der Waals surface area contributed by atoms with Gasteiger partial charge in [-0.05, 0) is 36.8 Å². The van der Waals surface area contributed by atoms with E-state index in [1.54, 1.807) is 24.3 Å². The molecule has 0 fully saturated rings. The standard InChI is InChI=1S/C9H9BrO2.C9H10O2/c1-12-9(11)8-4-2-3-7(5-8)6-10;1-7-4-3-5-8(6-7)9(10)11-2/h2-5H,6H2,1H3;3-6H,1-2H3. The molecular formula is C18H19BrO4. The molecule has 0 N–H and O–H groups in total. The van der Waals surface area contributed by atoms with Crippen molar-refractivity contribution in [1.29, 1.82) is 0 Å². The zero-order valence-corrected chi connectivity index (χ0v) is 14.9. The van der Waals surface area contributed by atoms with Gasteiger partial charge < -0.3 is 9.47 Å². The highest BCUT2D eigenvalue weighted by atomic mass is 79.9. The second kappa shape index (κ2) is 9.79. The molecule has 0 aliphatic rings. The molecule has 0 unspecified atom stereocenters. The van der Waals surface area contributed by atoms with Gasteiger partial charge in [0.25, 0.3) is 0 Å². The van der Waals surface area contributed by atoms with Gasteiger partial charge in [0.15, 0.2) is 0 Å². The van der Waals surface area contributed by atoms with Gasteiger partial charge in [-0.25, -0.2) is 9.59 Å². The van der Waals surface area contributed by atoms with E-state index in [0.29, 0.717) is 11.1 Å². The Morgan fingerprint density at radius 1 is 0.913 bits per heavy atom. The van der Waals surface area contributed by atoms with Gasteiger partial charge in [-0.3, -0.25) is 0 Å². The molecule has 0 radical (unpaired) electrons. The Labute approximate surface area is 144 Å². The van der Waals surface area contributed by atoms with Gasteiger partial charge >= 0.3 is 11.9 Å². The lowest BCUT2D eigenvalue weighted by Crippen LogP contribution is -2.00. The van der Waals surface area contributed by atoms with Crippen LogP contribution >= 0.6 is 15.9 Å². The van der Waals surface area contributed by atoms with Crippen LogP contribution in [0.25, 0.3) is 0 Å². The van der Waals surface area contributed by atoms with E-state index in [-0.39, 0.29) is 11.9 Å². The average molecular weight is 379 g/mol. The molecule has 5 heteroatoms. The molecule has 2 aromatic rings. The van der Waals surface area contributed by atoms with Gasteiger partial charge in [0.1, 0.15) is 0 Å². The molecule has 0 amide bonds. The van der Waals surface area contributed by atoms with Crippen LogP contribution in [-0.4, -0.2) is 26.2 Å². The summed E-state index contributed by atoms with van der Waals surface area (Å²) < 4.78 is 9.13. The Morgan fingerprint density at radius 3 is 1.91 bits per heavy atom. The molecule has 0 aliphatic heterocycles. The average Bonchev–Trinajstić information content (AvgIpc) is 2.60. The summed E-state index contributed by atoms with van der Waals surface area (Å²) in [5, 5.41) is 0.748. The molecule has 0 aromatic heterocycles. The van der Waals surface area contributed by atoms with Crippen molar-refractivity contribution in [2.75, 3.05) is 14.2 Å². The van der Waals surface area contributed by atoms with Crippen molar-refractivity contribution in [2.24, 2.45) is 0 Å². The van der Waals surface area contributed by atoms with Gasteiger partial charge in [-0.15, -0.1) is 0 Å². The van der Waals surface area contributed by atoms with Crippen LogP contribution in [0.4, 0.5) is 0 Å². The normalized spacial score (nSPS) is 9.39. The fourth-order valence-electron chi connectivity index (χ4n) is 1.79. The molecule has 0 saturated carbocycles. The zero-order valence-electron chi connectivity index (χ0n) is 13.3. The molecule has 122 valence electrons. The molecule has 23 heavy (non-hydrogen) atoms. The summed E-state index contributed by atoms with van der Waals surface area (Å²) in [6.07, 6.45) is 0. The van der Waals surface area contributed by atoms with E-state index < -0.39 is 0 Å². The molecule has 0 saturated heterocycles. The Bertz CT molecular complexity index is 668. The number of benzene rings is 2. The monoisotopic (exact) mass is 378 g/mol. The van der Waals surface area contributed by atoms with Crippen LogP contribution < -0.4 is 0 Å². The first-order valence-electron chi connectivity index (χ1n) is 6.90. The van der Waals surface area contributed by atoms with Gasteiger partial charge in [0.05, 0.1) is 25.3 Å². The fraction of sp³-hybridized carbons (Fsp3) is 0.222. The minimum Gasteiger partial charge on any atom is -0.465 e. The summed E-state index contributed by atoms with van der Waals surface area (Å²) >= 11 is 3.31. The summed E-state index contributed by atoms with van der Waals surface area (Å²) in [5.41, 5.74) is 3.33. The molecule has 0 bridgehead atoms. The van der Waals surface area contributed by atoms with Crippen LogP contribution in [-0.2, 0) is 14.8 Å². The SMILES string of the molecule is COC(=O)c1cccc(C)c1.COC(=O)c1cccc(CBr)c1. The lowest BCUT2D eigenvalue weighted by molar-refractivity contribution is 0.0592. The summed E-state index contributed by atoms with van der Waals surface area (Å²) in [6, 6.07) is 14.6. The lowest BCUT2D eigenvalue weighted by atomic mass is 10.1. The number of rotatable bonds is 3. The van der Waals surface area contributed by atoms with Crippen LogP contribution in [0.2, 0.25) is 0 Å². The van der Waals surface area contributed by atoms with E-state index in [1.165, 1.54) is 14.2 Å².